The number of likely N-dealkylation sites (tertiary alicyclic amines) is 1. The summed E-state index contributed by atoms with van der Waals surface area (Å²) in [5, 5.41) is 5.36. The van der Waals surface area contributed by atoms with E-state index in [1.165, 1.54) is 22.3 Å². The molecule has 2 aliphatic heterocycles. The van der Waals surface area contributed by atoms with Gasteiger partial charge in [-0.15, -0.1) is 0 Å². The van der Waals surface area contributed by atoms with Crippen LogP contribution in [-0.4, -0.2) is 83.1 Å². The third kappa shape index (κ3) is 10.2. The Morgan fingerprint density at radius 2 is 1.63 bits per heavy atom. The highest BCUT2D eigenvalue weighted by molar-refractivity contribution is 7.89. The van der Waals surface area contributed by atoms with E-state index >= 15 is 0 Å². The summed E-state index contributed by atoms with van der Waals surface area (Å²) >= 11 is 0. The number of nitrogens with zero attached hydrogens (tertiary/aromatic N) is 5. The Kier molecular flexibility index (Phi) is 13.4. The second kappa shape index (κ2) is 18.8. The predicted octanol–water partition coefficient (Wildman–Crippen LogP) is 6.96. The van der Waals surface area contributed by atoms with Crippen molar-refractivity contribution in [2.45, 2.75) is 125 Å². The molecular weight excluding hydrogens is 838 g/mol. The SMILES string of the molecule is Cc1cc(S(=O)(=O)NCCOC2CCC(CN3CCC(c4ccc5c(c4)n(C)c(=O)n5C4CCC(=O)NC4=O)CC3)CC2)ccc1Nc1ncc(C(F)(F)F)c(C2CCCCC2)n1. The van der Waals surface area contributed by atoms with Gasteiger partial charge in [0, 0.05) is 44.4 Å². The number of hydrogen-bond acceptors (Lipinski definition) is 10. The van der Waals surface area contributed by atoms with Crippen molar-refractivity contribution < 1.29 is 35.9 Å². The topological polar surface area (TPSA) is 170 Å². The number of halogens is 3. The van der Waals surface area contributed by atoms with Crippen molar-refractivity contribution in [3.8, 4) is 0 Å². The van der Waals surface area contributed by atoms with E-state index in [4.69, 9.17) is 4.74 Å². The molecule has 2 aromatic heterocycles. The highest BCUT2D eigenvalue weighted by Crippen LogP contribution is 2.40. The minimum atomic E-state index is -4.55. The zero-order valence-corrected chi connectivity index (χ0v) is 36.7. The number of nitrogens with one attached hydrogen (secondary N) is 3. The quantitative estimate of drug-likeness (QED) is 0.0943. The van der Waals surface area contributed by atoms with Gasteiger partial charge in [0.2, 0.25) is 27.8 Å². The van der Waals surface area contributed by atoms with E-state index in [0.717, 1.165) is 89.1 Å². The van der Waals surface area contributed by atoms with Crippen molar-refractivity contribution in [1.82, 2.24) is 34.0 Å². The van der Waals surface area contributed by atoms with Gasteiger partial charge in [-0.2, -0.15) is 13.2 Å². The molecule has 4 aromatic rings. The molecule has 63 heavy (non-hydrogen) atoms. The van der Waals surface area contributed by atoms with Crippen LogP contribution in [0.2, 0.25) is 0 Å². The number of aryl methyl sites for hydroxylation is 2. The second-order valence-corrected chi connectivity index (χ2v) is 19.6. The number of benzene rings is 2. The number of hydrogen-bond donors (Lipinski definition) is 3. The van der Waals surface area contributed by atoms with Crippen LogP contribution in [0.25, 0.3) is 11.0 Å². The third-order valence-corrected chi connectivity index (χ3v) is 15.1. The van der Waals surface area contributed by atoms with Crippen molar-refractivity contribution in [1.29, 1.82) is 0 Å². The van der Waals surface area contributed by atoms with E-state index in [1.54, 1.807) is 24.6 Å². The van der Waals surface area contributed by atoms with Crippen LogP contribution in [0.15, 0.2) is 52.3 Å². The molecule has 0 bridgehead atoms. The number of imidazole rings is 1. The van der Waals surface area contributed by atoms with Gasteiger partial charge in [-0.3, -0.25) is 24.0 Å². The van der Waals surface area contributed by atoms with Crippen LogP contribution in [0.4, 0.5) is 24.8 Å². The first-order chi connectivity index (χ1) is 30.1. The number of anilines is 2. The molecular formula is C45H57F3N8O6S. The van der Waals surface area contributed by atoms with Gasteiger partial charge in [0.25, 0.3) is 0 Å². The first-order valence-electron chi connectivity index (χ1n) is 22.3. The monoisotopic (exact) mass is 894 g/mol. The average Bonchev–Trinajstić information content (AvgIpc) is 3.51. The second-order valence-electron chi connectivity index (χ2n) is 17.8. The van der Waals surface area contributed by atoms with E-state index in [9.17, 15) is 36.0 Å². The highest BCUT2D eigenvalue weighted by atomic mass is 32.2. The maximum Gasteiger partial charge on any atom is 0.419 e. The lowest BCUT2D eigenvalue weighted by Crippen LogP contribution is -2.44. The number of amides is 2. The molecule has 18 heteroatoms. The fourth-order valence-electron chi connectivity index (χ4n) is 10.1. The summed E-state index contributed by atoms with van der Waals surface area (Å²) in [7, 11) is -2.12. The van der Waals surface area contributed by atoms with Gasteiger partial charge in [-0.25, -0.2) is 27.9 Å². The van der Waals surface area contributed by atoms with Gasteiger partial charge in [-0.1, -0.05) is 25.3 Å². The first-order valence-corrected chi connectivity index (χ1v) is 23.8. The normalized spacial score (nSPS) is 22.4. The summed E-state index contributed by atoms with van der Waals surface area (Å²) < 4.78 is 79.7. The molecule has 0 spiro atoms. The number of sulfonamides is 1. The Bertz CT molecular complexity index is 2490. The van der Waals surface area contributed by atoms with Crippen LogP contribution < -0.4 is 21.0 Å². The zero-order chi connectivity index (χ0) is 44.5. The summed E-state index contributed by atoms with van der Waals surface area (Å²) in [6, 6.07) is 9.93. The van der Waals surface area contributed by atoms with Crippen LogP contribution in [0.5, 0.6) is 0 Å². The minimum absolute atomic E-state index is 0.0102. The summed E-state index contributed by atoms with van der Waals surface area (Å²) in [5.74, 6) is -0.0476. The number of imide groups is 1. The van der Waals surface area contributed by atoms with E-state index in [0.29, 0.717) is 47.9 Å². The van der Waals surface area contributed by atoms with Crippen LogP contribution in [-0.2, 0) is 37.6 Å². The number of rotatable bonds is 13. The molecule has 1 atom stereocenters. The standard InChI is InChI=1S/C45H57F3N8O6S/c1-28-24-34(13-14-36(28)51-43-49-26-35(45(46,47)48)41(53-43)31-6-4-3-5-7-31)63(60,61)50-20-23-62-33-11-8-29(9-12-33)27-55-21-18-30(19-22-55)32-10-15-37-39(25-32)54(2)44(59)56(37)38-16-17-40(57)52-42(38)58/h10,13-15,24-26,29-31,33,38,50H,3-9,11-12,16-23,27H2,1-2H3,(H,49,51,53)(H,52,57,58). The van der Waals surface area contributed by atoms with Gasteiger partial charge in [0.1, 0.15) is 6.04 Å². The van der Waals surface area contributed by atoms with E-state index in [2.05, 4.69) is 42.4 Å². The van der Waals surface area contributed by atoms with Crippen molar-refractivity contribution >= 4 is 44.5 Å². The maximum atomic E-state index is 13.8. The summed E-state index contributed by atoms with van der Waals surface area (Å²) in [6.07, 6.45) is 6.84. The van der Waals surface area contributed by atoms with E-state index in [1.807, 2.05) is 6.07 Å². The van der Waals surface area contributed by atoms with Gasteiger partial charge in [0.05, 0.1) is 39.9 Å². The fraction of sp³-hybridized carbons (Fsp3) is 0.578. The molecule has 8 rings (SSSR count). The molecule has 3 N–H and O–H groups in total. The Balaban J connectivity index is 0.762. The van der Waals surface area contributed by atoms with Crippen LogP contribution in [0.1, 0.15) is 124 Å². The van der Waals surface area contributed by atoms with E-state index in [-0.39, 0.29) is 59.7 Å². The maximum absolute atomic E-state index is 13.8. The van der Waals surface area contributed by atoms with Gasteiger partial charge in [0.15, 0.2) is 0 Å². The number of ether oxygens (including phenoxy) is 1. The molecule has 4 aliphatic rings. The van der Waals surface area contributed by atoms with Gasteiger partial charge < -0.3 is 15.0 Å². The lowest BCUT2D eigenvalue weighted by atomic mass is 9.85. The van der Waals surface area contributed by atoms with Crippen LogP contribution in [0, 0.1) is 12.8 Å². The number of carbonyl (C=O) groups is 2. The Hall–Kier alpha value is -4.65. The summed E-state index contributed by atoms with van der Waals surface area (Å²) in [5.41, 5.74) is 2.69. The summed E-state index contributed by atoms with van der Waals surface area (Å²) in [4.78, 5) is 48.4. The third-order valence-electron chi connectivity index (χ3n) is 13.6. The molecule has 1 unspecified atom stereocenters. The van der Waals surface area contributed by atoms with Crippen LogP contribution >= 0.6 is 0 Å². The Morgan fingerprint density at radius 1 is 0.889 bits per heavy atom. The Labute approximate surface area is 365 Å². The smallest absolute Gasteiger partial charge is 0.377 e. The average molecular weight is 895 g/mol. The van der Waals surface area contributed by atoms with Crippen LogP contribution in [0.3, 0.4) is 0 Å². The molecule has 0 radical (unpaired) electrons. The molecule has 2 saturated heterocycles. The molecule has 2 aromatic carbocycles. The van der Waals surface area contributed by atoms with Crippen molar-refractivity contribution in [3.05, 3.63) is 75.5 Å². The number of alkyl halides is 3. The lowest BCUT2D eigenvalue weighted by molar-refractivity contribution is -0.139. The highest BCUT2D eigenvalue weighted by Gasteiger charge is 2.38. The number of aromatic nitrogens is 4. The largest absolute Gasteiger partial charge is 0.419 e. The molecule has 2 aliphatic carbocycles. The molecule has 14 nitrogen and oxygen atoms in total. The molecule has 4 fully saturated rings. The van der Waals surface area contributed by atoms with Crippen molar-refractivity contribution in [3.63, 3.8) is 0 Å². The minimum Gasteiger partial charge on any atom is -0.377 e. The predicted molar refractivity (Wildman–Crippen MR) is 231 cm³/mol. The molecule has 2 amide bonds. The summed E-state index contributed by atoms with van der Waals surface area (Å²) in [6.45, 7) is 5.10. The van der Waals surface area contributed by atoms with Crippen molar-refractivity contribution in [2.24, 2.45) is 13.0 Å². The number of piperidine rings is 2. The first kappa shape index (κ1) is 44.9. The molecule has 4 heterocycles. The molecule has 340 valence electrons. The Morgan fingerprint density at radius 3 is 2.33 bits per heavy atom. The molecule has 2 saturated carbocycles. The zero-order valence-electron chi connectivity index (χ0n) is 35.9. The number of carbonyl (C=O) groups excluding carboxylic acids is 2. The van der Waals surface area contributed by atoms with Crippen molar-refractivity contribution in [2.75, 3.05) is 38.1 Å². The van der Waals surface area contributed by atoms with Gasteiger partial charge in [-0.05, 0) is 131 Å². The fourth-order valence-corrected chi connectivity index (χ4v) is 11.2. The van der Waals surface area contributed by atoms with E-state index < -0.39 is 33.7 Å². The lowest BCUT2D eigenvalue weighted by Gasteiger charge is -2.36. The van der Waals surface area contributed by atoms with Gasteiger partial charge >= 0.3 is 11.9 Å². The number of fused-ring (bicyclic) bond motifs is 1.